The number of hydrogen-bond donors (Lipinski definition) is 0. The zero-order valence-corrected chi connectivity index (χ0v) is 32.0. The van der Waals surface area contributed by atoms with Gasteiger partial charge in [-0.25, -0.2) is 0 Å². The second kappa shape index (κ2) is 15.3. The molecule has 0 saturated heterocycles. The van der Waals surface area contributed by atoms with Crippen LogP contribution in [0.1, 0.15) is 67.7 Å². The molecule has 0 aliphatic rings. The summed E-state index contributed by atoms with van der Waals surface area (Å²) in [4.78, 5) is 2.37. The van der Waals surface area contributed by atoms with Gasteiger partial charge in [0.2, 0.25) is 0 Å². The van der Waals surface area contributed by atoms with Crippen molar-refractivity contribution in [2.45, 2.75) is 72.6 Å². The van der Waals surface area contributed by atoms with Gasteiger partial charge in [0.25, 0.3) is 0 Å². The number of halogens is 1. The van der Waals surface area contributed by atoms with Crippen LogP contribution in [-0.4, -0.2) is 4.57 Å². The molecule has 1 heterocycles. The number of unbranched alkanes of at least 4 members (excludes halogenated alkanes) is 5. The van der Waals surface area contributed by atoms with Crippen LogP contribution in [0.2, 0.25) is 0 Å². The number of anilines is 3. The van der Waals surface area contributed by atoms with Gasteiger partial charge in [-0.2, -0.15) is 0 Å². The van der Waals surface area contributed by atoms with Crippen LogP contribution in [0, 0.1) is 24.3 Å². The van der Waals surface area contributed by atoms with Crippen LogP contribution >= 0.6 is 22.6 Å². The van der Waals surface area contributed by atoms with E-state index in [4.69, 9.17) is 0 Å². The van der Waals surface area contributed by atoms with Crippen LogP contribution in [0.25, 0.3) is 38.6 Å². The van der Waals surface area contributed by atoms with Crippen molar-refractivity contribution in [1.29, 1.82) is 0 Å². The molecule has 1 aromatic heterocycles. The third-order valence-corrected chi connectivity index (χ3v) is 10.7. The molecule has 7 rings (SSSR count). The summed E-state index contributed by atoms with van der Waals surface area (Å²) >= 11 is 2.39. The highest BCUT2D eigenvalue weighted by Gasteiger charge is 2.16. The number of nitrogens with zero attached hydrogens (tertiary/aromatic N) is 2. The van der Waals surface area contributed by atoms with Crippen molar-refractivity contribution in [3.05, 3.63) is 153 Å². The summed E-state index contributed by atoms with van der Waals surface area (Å²) in [6, 6.07) is 47.8. The van der Waals surface area contributed by atoms with Crippen molar-refractivity contribution in [1.82, 2.24) is 4.57 Å². The first-order valence-electron chi connectivity index (χ1n) is 18.3. The summed E-state index contributed by atoms with van der Waals surface area (Å²) in [7, 11) is 0. The van der Waals surface area contributed by atoms with E-state index in [9.17, 15) is 0 Å². The summed E-state index contributed by atoms with van der Waals surface area (Å²) in [5.41, 5.74) is 14.9. The lowest BCUT2D eigenvalue weighted by Crippen LogP contribution is -2.10. The second-order valence-electron chi connectivity index (χ2n) is 14.0. The van der Waals surface area contributed by atoms with Gasteiger partial charge in [0.05, 0.1) is 11.0 Å². The van der Waals surface area contributed by atoms with Gasteiger partial charge in [0, 0.05) is 37.1 Å². The van der Waals surface area contributed by atoms with Gasteiger partial charge in [-0.15, -0.1) is 0 Å². The lowest BCUT2D eigenvalue weighted by molar-refractivity contribution is 0.607. The third-order valence-electron chi connectivity index (χ3n) is 9.94. The van der Waals surface area contributed by atoms with E-state index in [-0.39, 0.29) is 0 Å². The summed E-state index contributed by atoms with van der Waals surface area (Å²) in [5.74, 6) is 0. The third kappa shape index (κ3) is 7.39. The molecule has 0 saturated carbocycles. The Kier molecular flexibility index (Phi) is 10.4. The van der Waals surface area contributed by atoms with Gasteiger partial charge < -0.3 is 9.47 Å². The zero-order valence-electron chi connectivity index (χ0n) is 29.8. The lowest BCUT2D eigenvalue weighted by Gasteiger charge is -2.26. The number of fused-ring (bicyclic) bond motifs is 3. The van der Waals surface area contributed by atoms with E-state index in [2.05, 4.69) is 187 Å². The minimum Gasteiger partial charge on any atom is -0.311 e. The van der Waals surface area contributed by atoms with E-state index >= 15 is 0 Å². The maximum absolute atomic E-state index is 2.43. The normalized spacial score (nSPS) is 11.5. The first-order chi connectivity index (χ1) is 24.4. The molecule has 0 unspecified atom stereocenters. The van der Waals surface area contributed by atoms with Gasteiger partial charge in [0.15, 0.2) is 0 Å². The maximum atomic E-state index is 2.43. The Bertz CT molecular complexity index is 2200. The number of benzene rings is 6. The predicted molar refractivity (Wildman–Crippen MR) is 225 cm³/mol. The smallest absolute Gasteiger partial charge is 0.0541 e. The van der Waals surface area contributed by atoms with Crippen LogP contribution in [0.4, 0.5) is 17.1 Å². The quantitative estimate of drug-likeness (QED) is 0.0888. The lowest BCUT2D eigenvalue weighted by atomic mass is 10.0. The van der Waals surface area contributed by atoms with Gasteiger partial charge in [-0.05, 0) is 169 Å². The first-order valence-corrected chi connectivity index (χ1v) is 19.3. The van der Waals surface area contributed by atoms with Crippen LogP contribution in [-0.2, 0) is 6.42 Å². The fourth-order valence-electron chi connectivity index (χ4n) is 7.44. The monoisotopic (exact) mass is 766 g/mol. The van der Waals surface area contributed by atoms with Crippen molar-refractivity contribution >= 4 is 61.5 Å². The Labute approximate surface area is 311 Å². The molecule has 0 aliphatic heterocycles. The predicted octanol–water partition coefficient (Wildman–Crippen LogP) is 14.4. The average Bonchev–Trinajstić information content (AvgIpc) is 3.44. The molecular formula is C47H47IN2. The number of aryl methyl sites for hydroxylation is 4. The Balaban J connectivity index is 1.21. The van der Waals surface area contributed by atoms with Crippen molar-refractivity contribution in [2.75, 3.05) is 4.90 Å². The largest absolute Gasteiger partial charge is 0.311 e. The molecule has 0 amide bonds. The summed E-state index contributed by atoms with van der Waals surface area (Å²) in [6.45, 7) is 8.83. The average molecular weight is 767 g/mol. The molecule has 0 atom stereocenters. The maximum Gasteiger partial charge on any atom is 0.0541 e. The molecule has 252 valence electrons. The van der Waals surface area contributed by atoms with Gasteiger partial charge >= 0.3 is 0 Å². The van der Waals surface area contributed by atoms with Gasteiger partial charge in [-0.1, -0.05) is 87.1 Å². The van der Waals surface area contributed by atoms with E-state index in [1.807, 2.05) is 0 Å². The van der Waals surface area contributed by atoms with E-state index in [1.165, 1.54) is 109 Å². The highest BCUT2D eigenvalue weighted by atomic mass is 127. The molecule has 3 heteroatoms. The Morgan fingerprint density at radius 1 is 0.500 bits per heavy atom. The highest BCUT2D eigenvalue weighted by Crippen LogP contribution is 2.39. The summed E-state index contributed by atoms with van der Waals surface area (Å²) in [6.07, 6.45) is 9.12. The Morgan fingerprint density at radius 2 is 1.04 bits per heavy atom. The van der Waals surface area contributed by atoms with E-state index in [1.54, 1.807) is 0 Å². The first kappa shape index (κ1) is 34.1. The number of aromatic nitrogens is 1. The molecule has 7 aromatic rings. The molecule has 0 N–H and O–H groups in total. The molecule has 0 spiro atoms. The SMILES string of the molecule is CCCCCCCCc1ccc(N(c2ccc(I)cc2)c2ccc(-c3ccc4c(c3)c3cc(C)ccc3n4-c3cc(C)cc(C)c3)cc2)cc1. The fraction of sp³-hybridized carbons (Fsp3) is 0.234. The molecule has 50 heavy (non-hydrogen) atoms. The molecular weight excluding hydrogens is 719 g/mol. The van der Waals surface area contributed by atoms with Crippen molar-refractivity contribution in [3.63, 3.8) is 0 Å². The van der Waals surface area contributed by atoms with E-state index in [0.717, 1.165) is 17.8 Å². The van der Waals surface area contributed by atoms with E-state index < -0.39 is 0 Å². The molecule has 0 bridgehead atoms. The van der Waals surface area contributed by atoms with Gasteiger partial charge in [-0.3, -0.25) is 0 Å². The summed E-state index contributed by atoms with van der Waals surface area (Å²) in [5, 5.41) is 2.58. The molecule has 0 radical (unpaired) electrons. The Morgan fingerprint density at radius 3 is 1.70 bits per heavy atom. The Hall–Kier alpha value is -4.35. The van der Waals surface area contributed by atoms with Gasteiger partial charge in [0.1, 0.15) is 0 Å². The summed E-state index contributed by atoms with van der Waals surface area (Å²) < 4.78 is 3.66. The minimum absolute atomic E-state index is 1.15. The van der Waals surface area contributed by atoms with E-state index in [0.29, 0.717) is 0 Å². The van der Waals surface area contributed by atoms with Crippen LogP contribution in [0.3, 0.4) is 0 Å². The topological polar surface area (TPSA) is 8.17 Å². The zero-order chi connectivity index (χ0) is 34.6. The minimum atomic E-state index is 1.15. The van der Waals surface area contributed by atoms with Crippen molar-refractivity contribution in [3.8, 4) is 16.8 Å². The standard InChI is InChI=1S/C47H47IN2/c1-5-6-7-8-9-10-11-36-13-20-40(21-14-36)49(42-24-18-39(48)19-25-42)41-22-15-37(16-23-41)38-17-27-47-45(32-38)44-31-33(2)12-26-46(44)50(47)43-29-34(3)28-35(4)30-43/h12-32H,5-11H2,1-4H3. The van der Waals surface area contributed by atoms with Crippen molar-refractivity contribution in [2.24, 2.45) is 0 Å². The molecule has 6 aromatic carbocycles. The van der Waals surface area contributed by atoms with Crippen molar-refractivity contribution < 1.29 is 0 Å². The number of hydrogen-bond acceptors (Lipinski definition) is 1. The second-order valence-corrected chi connectivity index (χ2v) is 15.2. The molecule has 0 aliphatic carbocycles. The number of rotatable bonds is 12. The molecule has 0 fully saturated rings. The molecule has 2 nitrogen and oxygen atoms in total. The fourth-order valence-corrected chi connectivity index (χ4v) is 7.80. The highest BCUT2D eigenvalue weighted by molar-refractivity contribution is 14.1. The van der Waals surface area contributed by atoms with Crippen LogP contribution in [0.15, 0.2) is 127 Å². The van der Waals surface area contributed by atoms with Crippen LogP contribution in [0.5, 0.6) is 0 Å². The van der Waals surface area contributed by atoms with Crippen LogP contribution < -0.4 is 4.90 Å².